The molecule has 0 bridgehead atoms. The molecular weight excluding hydrogens is 184 g/mol. The molecule has 0 aliphatic carbocycles. The maximum atomic E-state index is 11.2. The Labute approximate surface area is 81.6 Å². The van der Waals surface area contributed by atoms with Crippen LogP contribution in [0.25, 0.3) is 0 Å². The van der Waals surface area contributed by atoms with E-state index in [-0.39, 0.29) is 11.6 Å². The molecule has 0 aliphatic heterocycles. The van der Waals surface area contributed by atoms with Gasteiger partial charge < -0.3 is 4.74 Å². The number of aromatic amines is 1. The minimum Gasteiger partial charge on any atom is -0.482 e. The van der Waals surface area contributed by atoms with Crippen molar-refractivity contribution in [2.24, 2.45) is 5.10 Å². The second-order valence-electron chi connectivity index (χ2n) is 3.03. The van der Waals surface area contributed by atoms with Gasteiger partial charge in [0.2, 0.25) is 0 Å². The summed E-state index contributed by atoms with van der Waals surface area (Å²) in [6.07, 6.45) is 1.24. The van der Waals surface area contributed by atoms with Crippen molar-refractivity contribution in [1.29, 1.82) is 0 Å². The molecule has 1 rings (SSSR count). The molecule has 6 heteroatoms. The van der Waals surface area contributed by atoms with Crippen LogP contribution in [0.1, 0.15) is 32.5 Å². The van der Waals surface area contributed by atoms with Gasteiger partial charge in [-0.3, -0.25) is 0 Å². The Hall–Kier alpha value is -1.59. The first-order valence-electron chi connectivity index (χ1n) is 4.48. The van der Waals surface area contributed by atoms with Crippen molar-refractivity contribution in [3.63, 3.8) is 0 Å². The number of ether oxygens (including phenoxy) is 1. The lowest BCUT2D eigenvalue weighted by Crippen LogP contribution is -2.15. The molecule has 1 aromatic heterocycles. The van der Waals surface area contributed by atoms with E-state index in [4.69, 9.17) is 4.74 Å². The lowest BCUT2D eigenvalue weighted by molar-refractivity contribution is 0.340. The summed E-state index contributed by atoms with van der Waals surface area (Å²) in [5.74, 6) is 0.721. The van der Waals surface area contributed by atoms with Gasteiger partial charge >= 0.3 is 5.69 Å². The summed E-state index contributed by atoms with van der Waals surface area (Å²) in [6, 6.07) is 0. The van der Waals surface area contributed by atoms with Crippen molar-refractivity contribution < 1.29 is 4.74 Å². The van der Waals surface area contributed by atoms with Crippen molar-refractivity contribution >= 4 is 6.40 Å². The Kier molecular flexibility index (Phi) is 3.44. The maximum absolute atomic E-state index is 11.2. The van der Waals surface area contributed by atoms with Crippen LogP contribution < -0.4 is 5.69 Å². The third-order valence-corrected chi connectivity index (χ3v) is 1.60. The van der Waals surface area contributed by atoms with Crippen molar-refractivity contribution in [3.8, 4) is 0 Å². The molecule has 0 radical (unpaired) electrons. The van der Waals surface area contributed by atoms with Crippen LogP contribution in [0.3, 0.4) is 0 Å². The molecule has 78 valence electrons. The van der Waals surface area contributed by atoms with E-state index >= 15 is 0 Å². The van der Waals surface area contributed by atoms with Gasteiger partial charge in [0.25, 0.3) is 0 Å². The van der Waals surface area contributed by atoms with Gasteiger partial charge in [0.15, 0.2) is 12.2 Å². The van der Waals surface area contributed by atoms with Crippen LogP contribution in [0, 0.1) is 0 Å². The summed E-state index contributed by atoms with van der Waals surface area (Å²) in [7, 11) is 0. The number of hydrogen-bond donors (Lipinski definition) is 1. The molecule has 0 saturated carbocycles. The van der Waals surface area contributed by atoms with Crippen LogP contribution in [0.4, 0.5) is 0 Å². The molecule has 0 unspecified atom stereocenters. The first-order chi connectivity index (χ1) is 6.66. The molecule has 0 aliphatic rings. The summed E-state index contributed by atoms with van der Waals surface area (Å²) in [5, 5.41) is 10.0. The zero-order valence-electron chi connectivity index (χ0n) is 8.52. The topological polar surface area (TPSA) is 72.3 Å². The fraction of sp³-hybridized carbons (Fsp3) is 0.625. The first-order valence-corrected chi connectivity index (χ1v) is 4.48. The molecule has 0 fully saturated rings. The summed E-state index contributed by atoms with van der Waals surface area (Å²) in [6.45, 7) is 6.23. The fourth-order valence-electron chi connectivity index (χ4n) is 0.944. The van der Waals surface area contributed by atoms with Crippen molar-refractivity contribution in [1.82, 2.24) is 14.9 Å². The highest BCUT2D eigenvalue weighted by Crippen LogP contribution is 2.07. The highest BCUT2D eigenvalue weighted by molar-refractivity contribution is 5.45. The van der Waals surface area contributed by atoms with Gasteiger partial charge in [0.05, 0.1) is 6.61 Å². The molecule has 6 nitrogen and oxygen atoms in total. The van der Waals surface area contributed by atoms with Crippen molar-refractivity contribution in [2.75, 3.05) is 6.61 Å². The van der Waals surface area contributed by atoms with Crippen LogP contribution in [0.5, 0.6) is 0 Å². The summed E-state index contributed by atoms with van der Waals surface area (Å²) >= 11 is 0. The van der Waals surface area contributed by atoms with Gasteiger partial charge in [-0.15, -0.1) is 5.10 Å². The normalized spacial score (nSPS) is 11.4. The Bertz CT molecular complexity index is 364. The van der Waals surface area contributed by atoms with E-state index in [1.807, 2.05) is 20.8 Å². The Balaban J connectivity index is 2.94. The highest BCUT2D eigenvalue weighted by atomic mass is 16.5. The fourth-order valence-corrected chi connectivity index (χ4v) is 0.944. The zero-order chi connectivity index (χ0) is 10.6. The van der Waals surface area contributed by atoms with Gasteiger partial charge in [0, 0.05) is 5.92 Å². The SMILES string of the molecule is CCO/C=N/n1c(C(C)C)n[nH]c1=O. The number of nitrogens with zero attached hydrogens (tertiary/aromatic N) is 3. The molecule has 0 saturated heterocycles. The molecule has 0 atom stereocenters. The minimum absolute atomic E-state index is 0.132. The predicted molar refractivity (Wildman–Crippen MR) is 52.5 cm³/mol. The van der Waals surface area contributed by atoms with E-state index in [0.29, 0.717) is 12.4 Å². The molecule has 14 heavy (non-hydrogen) atoms. The largest absolute Gasteiger partial charge is 0.482 e. The van der Waals surface area contributed by atoms with Crippen LogP contribution in [-0.2, 0) is 4.74 Å². The summed E-state index contributed by atoms with van der Waals surface area (Å²) in [4.78, 5) is 11.2. The molecule has 0 aromatic carbocycles. The smallest absolute Gasteiger partial charge is 0.364 e. The molecule has 1 aromatic rings. The number of aromatic nitrogens is 3. The van der Waals surface area contributed by atoms with E-state index in [0.717, 1.165) is 0 Å². The Morgan fingerprint density at radius 2 is 2.43 bits per heavy atom. The van der Waals surface area contributed by atoms with Crippen LogP contribution >= 0.6 is 0 Å². The summed E-state index contributed by atoms with van der Waals surface area (Å²) < 4.78 is 6.10. The molecule has 1 N–H and O–H groups in total. The Morgan fingerprint density at radius 3 is 3.00 bits per heavy atom. The third kappa shape index (κ3) is 2.21. The van der Waals surface area contributed by atoms with Gasteiger partial charge in [0.1, 0.15) is 0 Å². The van der Waals surface area contributed by atoms with Crippen LogP contribution in [-0.4, -0.2) is 27.9 Å². The number of hydrogen-bond acceptors (Lipinski definition) is 4. The predicted octanol–water partition coefficient (Wildman–Crippen LogP) is 0.523. The second-order valence-corrected chi connectivity index (χ2v) is 3.03. The van der Waals surface area contributed by atoms with Crippen LogP contribution in [0.2, 0.25) is 0 Å². The van der Waals surface area contributed by atoms with Gasteiger partial charge in [-0.2, -0.15) is 9.77 Å². The average Bonchev–Trinajstić information content (AvgIpc) is 2.48. The lowest BCUT2D eigenvalue weighted by atomic mass is 10.2. The number of H-pyrrole nitrogens is 1. The zero-order valence-corrected chi connectivity index (χ0v) is 8.52. The molecular formula is C8H14N4O2. The number of rotatable bonds is 4. The minimum atomic E-state index is -0.357. The van der Waals surface area contributed by atoms with E-state index in [9.17, 15) is 4.79 Å². The van der Waals surface area contributed by atoms with E-state index in [1.165, 1.54) is 11.1 Å². The van der Waals surface area contributed by atoms with E-state index in [1.54, 1.807) is 0 Å². The quantitative estimate of drug-likeness (QED) is 0.566. The van der Waals surface area contributed by atoms with Gasteiger partial charge in [-0.25, -0.2) is 9.89 Å². The van der Waals surface area contributed by atoms with Gasteiger partial charge in [-0.05, 0) is 6.92 Å². The monoisotopic (exact) mass is 198 g/mol. The van der Waals surface area contributed by atoms with Crippen LogP contribution in [0.15, 0.2) is 9.90 Å². The third-order valence-electron chi connectivity index (χ3n) is 1.60. The summed E-state index contributed by atoms with van der Waals surface area (Å²) in [5.41, 5.74) is -0.357. The molecule has 0 amide bonds. The first kappa shape index (κ1) is 10.5. The molecule has 1 heterocycles. The Morgan fingerprint density at radius 1 is 1.71 bits per heavy atom. The van der Waals surface area contributed by atoms with E-state index in [2.05, 4.69) is 15.3 Å². The van der Waals surface area contributed by atoms with Gasteiger partial charge in [-0.1, -0.05) is 13.8 Å². The second kappa shape index (κ2) is 4.59. The average molecular weight is 198 g/mol. The van der Waals surface area contributed by atoms with Crippen molar-refractivity contribution in [3.05, 3.63) is 16.3 Å². The maximum Gasteiger partial charge on any atom is 0.364 e. The standard InChI is InChI=1S/C8H14N4O2/c1-4-14-5-9-12-7(6(2)3)10-11-8(12)13/h5-6H,4H2,1-3H3,(H,11,13)/b9-5+. The molecule has 0 spiro atoms. The lowest BCUT2D eigenvalue weighted by Gasteiger charge is -2.01. The van der Waals surface area contributed by atoms with E-state index < -0.39 is 0 Å². The highest BCUT2D eigenvalue weighted by Gasteiger charge is 2.10. The van der Waals surface area contributed by atoms with Crippen molar-refractivity contribution in [2.45, 2.75) is 26.7 Å². The number of nitrogens with one attached hydrogen (secondary N) is 1.